The Morgan fingerprint density at radius 3 is 2.59 bits per heavy atom. The second kappa shape index (κ2) is 7.70. The van der Waals surface area contributed by atoms with E-state index >= 15 is 0 Å². The molecule has 0 bridgehead atoms. The molecule has 1 aromatic carbocycles. The van der Waals surface area contributed by atoms with Crippen LogP contribution in [0.3, 0.4) is 0 Å². The summed E-state index contributed by atoms with van der Waals surface area (Å²) >= 11 is 3.37. The number of nitrogens with two attached hydrogens (primary N) is 1. The van der Waals surface area contributed by atoms with Gasteiger partial charge in [0.05, 0.1) is 12.0 Å². The smallest absolute Gasteiger partial charge is 0.407 e. The van der Waals surface area contributed by atoms with E-state index in [2.05, 4.69) is 21.2 Å². The van der Waals surface area contributed by atoms with Gasteiger partial charge in [-0.15, -0.1) is 0 Å². The van der Waals surface area contributed by atoms with Crippen LogP contribution in [0.25, 0.3) is 11.0 Å². The van der Waals surface area contributed by atoms with Crippen LogP contribution >= 0.6 is 15.9 Å². The highest BCUT2D eigenvalue weighted by atomic mass is 79.9. The first-order valence-corrected chi connectivity index (χ1v) is 10.1. The molecule has 0 aliphatic carbocycles. The summed E-state index contributed by atoms with van der Waals surface area (Å²) in [6.45, 7) is 6.13. The van der Waals surface area contributed by atoms with E-state index in [0.29, 0.717) is 30.4 Å². The van der Waals surface area contributed by atoms with Crippen molar-refractivity contribution in [2.24, 2.45) is 17.1 Å². The van der Waals surface area contributed by atoms with E-state index in [-0.39, 0.29) is 17.4 Å². The van der Waals surface area contributed by atoms with Gasteiger partial charge in [-0.3, -0.25) is 9.59 Å². The predicted molar refractivity (Wildman–Crippen MR) is 112 cm³/mol. The molecule has 3 rings (SSSR count). The van der Waals surface area contributed by atoms with Crippen LogP contribution in [0.4, 0.5) is 10.5 Å². The molecule has 29 heavy (non-hydrogen) atoms. The summed E-state index contributed by atoms with van der Waals surface area (Å²) in [5, 5.41) is 13.0. The SMILES string of the molecule is CC(C)(C)C1C(C(=O)Nc2c(C(N)=O)oc3ccc(Br)cc23)CCCN1C(=O)O. The Hall–Kier alpha value is -2.55. The average Bonchev–Trinajstić information content (AvgIpc) is 2.98. The van der Waals surface area contributed by atoms with Crippen molar-refractivity contribution in [2.75, 3.05) is 11.9 Å². The molecule has 1 aliphatic rings. The van der Waals surface area contributed by atoms with Crippen molar-refractivity contribution in [3.8, 4) is 0 Å². The largest absolute Gasteiger partial charge is 0.465 e. The summed E-state index contributed by atoms with van der Waals surface area (Å²) in [4.78, 5) is 38.2. The van der Waals surface area contributed by atoms with Crippen molar-refractivity contribution >= 4 is 50.5 Å². The summed E-state index contributed by atoms with van der Waals surface area (Å²) in [5.41, 5.74) is 5.62. The minimum absolute atomic E-state index is 0.135. The zero-order chi connectivity index (χ0) is 21.5. The molecule has 1 fully saturated rings. The quantitative estimate of drug-likeness (QED) is 0.630. The minimum atomic E-state index is -1.04. The summed E-state index contributed by atoms with van der Waals surface area (Å²) < 4.78 is 6.29. The van der Waals surface area contributed by atoms with E-state index in [1.807, 2.05) is 20.8 Å². The Morgan fingerprint density at radius 2 is 2.00 bits per heavy atom. The van der Waals surface area contributed by atoms with Crippen molar-refractivity contribution in [3.05, 3.63) is 28.4 Å². The van der Waals surface area contributed by atoms with Crippen LogP contribution in [0, 0.1) is 11.3 Å². The molecule has 2 heterocycles. The number of halogens is 1. The van der Waals surface area contributed by atoms with Crippen molar-refractivity contribution in [2.45, 2.75) is 39.7 Å². The number of carbonyl (C=O) groups excluding carboxylic acids is 2. The number of primary amides is 1. The van der Waals surface area contributed by atoms with Gasteiger partial charge < -0.3 is 25.5 Å². The number of hydrogen-bond donors (Lipinski definition) is 3. The fraction of sp³-hybridized carbons (Fsp3) is 0.450. The van der Waals surface area contributed by atoms with Crippen LogP contribution in [-0.4, -0.2) is 40.5 Å². The summed E-state index contributed by atoms with van der Waals surface area (Å²) in [5.74, 6) is -1.86. The third-order valence-electron chi connectivity index (χ3n) is 5.22. The Labute approximate surface area is 176 Å². The monoisotopic (exact) mass is 465 g/mol. The minimum Gasteiger partial charge on any atom is -0.465 e. The maximum absolute atomic E-state index is 13.3. The van der Waals surface area contributed by atoms with Crippen LogP contribution in [0.1, 0.15) is 44.2 Å². The van der Waals surface area contributed by atoms with Crippen molar-refractivity contribution in [1.29, 1.82) is 0 Å². The molecule has 3 amide bonds. The number of rotatable bonds is 3. The van der Waals surface area contributed by atoms with Gasteiger partial charge in [-0.1, -0.05) is 36.7 Å². The zero-order valence-electron chi connectivity index (χ0n) is 16.5. The number of amides is 3. The molecule has 4 N–H and O–H groups in total. The molecule has 0 saturated carbocycles. The summed E-state index contributed by atoms with van der Waals surface area (Å²) in [6, 6.07) is 4.65. The lowest BCUT2D eigenvalue weighted by Gasteiger charge is -2.46. The molecule has 9 heteroatoms. The van der Waals surface area contributed by atoms with Gasteiger partial charge in [0.2, 0.25) is 11.7 Å². The molecule has 1 aromatic heterocycles. The van der Waals surface area contributed by atoms with E-state index in [4.69, 9.17) is 10.2 Å². The average molecular weight is 466 g/mol. The molecule has 156 valence electrons. The molecule has 2 unspecified atom stereocenters. The van der Waals surface area contributed by atoms with Gasteiger partial charge in [-0.05, 0) is 36.5 Å². The number of nitrogens with zero attached hydrogens (tertiary/aromatic N) is 1. The fourth-order valence-electron chi connectivity index (χ4n) is 4.14. The first-order valence-electron chi connectivity index (χ1n) is 9.33. The van der Waals surface area contributed by atoms with Gasteiger partial charge in [-0.2, -0.15) is 0 Å². The highest BCUT2D eigenvalue weighted by molar-refractivity contribution is 9.10. The molecule has 8 nitrogen and oxygen atoms in total. The number of likely N-dealkylation sites (tertiary alicyclic amines) is 1. The number of fused-ring (bicyclic) bond motifs is 1. The van der Waals surface area contributed by atoms with Crippen LogP contribution in [0.5, 0.6) is 0 Å². The van der Waals surface area contributed by atoms with Gasteiger partial charge in [0.1, 0.15) is 11.3 Å². The second-order valence-electron chi connectivity index (χ2n) is 8.34. The predicted octanol–water partition coefficient (Wildman–Crippen LogP) is 4.04. The standard InChI is InChI=1S/C20H24BrN3O5/c1-20(2,3)16-11(5-4-8-24(16)19(27)28)18(26)23-14-12-9-10(21)6-7-13(12)29-15(14)17(22)25/h6-7,9,11,16H,4-5,8H2,1-3H3,(H2,22,25)(H,23,26)(H,27,28). The molecule has 1 saturated heterocycles. The maximum Gasteiger partial charge on any atom is 0.407 e. The third kappa shape index (κ3) is 4.10. The van der Waals surface area contributed by atoms with Gasteiger partial charge in [0, 0.05) is 16.4 Å². The lowest BCUT2D eigenvalue weighted by molar-refractivity contribution is -0.125. The lowest BCUT2D eigenvalue weighted by Crippen LogP contribution is -2.57. The van der Waals surface area contributed by atoms with E-state index in [0.717, 1.165) is 4.47 Å². The number of benzene rings is 1. The van der Waals surface area contributed by atoms with Crippen molar-refractivity contribution < 1.29 is 23.9 Å². The molecule has 2 aromatic rings. The van der Waals surface area contributed by atoms with Gasteiger partial charge in [0.15, 0.2) is 0 Å². The maximum atomic E-state index is 13.3. The molecule has 1 aliphatic heterocycles. The van der Waals surface area contributed by atoms with Gasteiger partial charge >= 0.3 is 6.09 Å². The zero-order valence-corrected chi connectivity index (χ0v) is 18.1. The highest BCUT2D eigenvalue weighted by Gasteiger charge is 2.45. The van der Waals surface area contributed by atoms with E-state index in [9.17, 15) is 19.5 Å². The van der Waals surface area contributed by atoms with E-state index < -0.39 is 29.4 Å². The molecular weight excluding hydrogens is 442 g/mol. The fourth-order valence-corrected chi connectivity index (χ4v) is 4.50. The Morgan fingerprint density at radius 1 is 1.31 bits per heavy atom. The lowest BCUT2D eigenvalue weighted by atomic mass is 9.73. The molecule has 0 spiro atoms. The third-order valence-corrected chi connectivity index (χ3v) is 5.72. The Bertz CT molecular complexity index is 978. The highest BCUT2D eigenvalue weighted by Crippen LogP contribution is 2.38. The first-order chi connectivity index (χ1) is 13.5. The normalized spacial score (nSPS) is 19.9. The van der Waals surface area contributed by atoms with Crippen LogP contribution < -0.4 is 11.1 Å². The van der Waals surface area contributed by atoms with E-state index in [1.165, 1.54) is 4.90 Å². The number of piperidine rings is 1. The van der Waals surface area contributed by atoms with Crippen LogP contribution in [-0.2, 0) is 4.79 Å². The first kappa shape index (κ1) is 21.2. The molecule has 2 atom stereocenters. The topological polar surface area (TPSA) is 126 Å². The van der Waals surface area contributed by atoms with Gasteiger partial charge in [0.25, 0.3) is 5.91 Å². The Balaban J connectivity index is 2.01. The van der Waals surface area contributed by atoms with Crippen molar-refractivity contribution in [1.82, 2.24) is 4.90 Å². The second-order valence-corrected chi connectivity index (χ2v) is 9.25. The van der Waals surface area contributed by atoms with E-state index in [1.54, 1.807) is 18.2 Å². The van der Waals surface area contributed by atoms with Crippen LogP contribution in [0.15, 0.2) is 27.1 Å². The Kier molecular flexibility index (Phi) is 5.62. The summed E-state index contributed by atoms with van der Waals surface area (Å²) in [7, 11) is 0. The number of anilines is 1. The number of carbonyl (C=O) groups is 3. The van der Waals surface area contributed by atoms with Crippen LogP contribution in [0.2, 0.25) is 0 Å². The summed E-state index contributed by atoms with van der Waals surface area (Å²) in [6.07, 6.45) is 0.0817. The number of nitrogens with one attached hydrogen (secondary N) is 1. The number of furan rings is 1. The van der Waals surface area contributed by atoms with Gasteiger partial charge in [-0.25, -0.2) is 4.79 Å². The molecule has 0 radical (unpaired) electrons. The van der Waals surface area contributed by atoms with Crippen molar-refractivity contribution in [3.63, 3.8) is 0 Å². The molecular formula is C20H24BrN3O5. The number of carboxylic acid groups (broad SMARTS) is 1. The number of hydrogen-bond acceptors (Lipinski definition) is 4.